The molecular formula is C10H13N2O2. The van der Waals surface area contributed by atoms with Crippen molar-refractivity contribution in [2.45, 2.75) is 26.3 Å². The summed E-state index contributed by atoms with van der Waals surface area (Å²) in [6.07, 6.45) is 1.37. The molecule has 14 heavy (non-hydrogen) atoms. The minimum atomic E-state index is -0.491. The summed E-state index contributed by atoms with van der Waals surface area (Å²) < 4.78 is 0. The van der Waals surface area contributed by atoms with Gasteiger partial charge in [0.05, 0.1) is 0 Å². The van der Waals surface area contributed by atoms with Gasteiger partial charge in [-0.25, -0.2) is 4.98 Å². The summed E-state index contributed by atoms with van der Waals surface area (Å²) >= 11 is 0. The van der Waals surface area contributed by atoms with E-state index in [2.05, 4.69) is 10.3 Å². The van der Waals surface area contributed by atoms with Crippen molar-refractivity contribution in [2.75, 3.05) is 0 Å². The van der Waals surface area contributed by atoms with Gasteiger partial charge in [-0.15, -0.1) is 0 Å². The first-order chi connectivity index (χ1) is 6.40. The molecule has 0 atom stereocenters. The predicted octanol–water partition coefficient (Wildman–Crippen LogP) is 1.75. The van der Waals surface area contributed by atoms with E-state index in [1.807, 2.05) is 20.8 Å². The van der Waals surface area contributed by atoms with Gasteiger partial charge in [0.15, 0.2) is 0 Å². The molecule has 0 bridgehead atoms. The van der Waals surface area contributed by atoms with Crippen LogP contribution in [-0.4, -0.2) is 16.4 Å². The van der Waals surface area contributed by atoms with Crippen molar-refractivity contribution in [2.24, 2.45) is 0 Å². The van der Waals surface area contributed by atoms with Crippen molar-refractivity contribution in [1.82, 2.24) is 10.3 Å². The van der Waals surface area contributed by atoms with E-state index in [0.717, 1.165) is 0 Å². The SMILES string of the molecule is CC(C)(C)NC(=O)c1cccnc1[O]. The zero-order valence-electron chi connectivity index (χ0n) is 8.50. The van der Waals surface area contributed by atoms with Gasteiger partial charge in [-0.05, 0) is 32.9 Å². The molecule has 75 valence electrons. The number of hydrogen-bond donors (Lipinski definition) is 1. The van der Waals surface area contributed by atoms with Crippen LogP contribution in [0.25, 0.3) is 0 Å². The molecule has 1 N–H and O–H groups in total. The largest absolute Gasteiger partial charge is 0.347 e. The molecule has 1 heterocycles. The van der Waals surface area contributed by atoms with E-state index in [0.29, 0.717) is 0 Å². The average molecular weight is 193 g/mol. The van der Waals surface area contributed by atoms with E-state index in [-0.39, 0.29) is 17.0 Å². The summed E-state index contributed by atoms with van der Waals surface area (Å²) in [7, 11) is 0. The van der Waals surface area contributed by atoms with Crippen LogP contribution < -0.4 is 5.32 Å². The van der Waals surface area contributed by atoms with Crippen molar-refractivity contribution in [1.29, 1.82) is 0 Å². The van der Waals surface area contributed by atoms with Crippen LogP contribution in [0, 0.1) is 0 Å². The van der Waals surface area contributed by atoms with Crippen LogP contribution in [0.1, 0.15) is 31.1 Å². The first-order valence-electron chi connectivity index (χ1n) is 4.35. The Balaban J connectivity index is 2.86. The minimum absolute atomic E-state index is 0.0856. The van der Waals surface area contributed by atoms with Crippen molar-refractivity contribution in [3.05, 3.63) is 23.9 Å². The molecule has 0 aliphatic heterocycles. The van der Waals surface area contributed by atoms with Crippen molar-refractivity contribution in [3.63, 3.8) is 0 Å². The molecule has 0 saturated heterocycles. The summed E-state index contributed by atoms with van der Waals surface area (Å²) in [6.45, 7) is 5.56. The maximum atomic E-state index is 11.5. The predicted molar refractivity (Wildman–Crippen MR) is 51.6 cm³/mol. The number of nitrogens with one attached hydrogen (secondary N) is 1. The summed E-state index contributed by atoms with van der Waals surface area (Å²) in [4.78, 5) is 15.0. The lowest BCUT2D eigenvalue weighted by Gasteiger charge is -2.20. The fraction of sp³-hybridized carbons (Fsp3) is 0.400. The first kappa shape index (κ1) is 10.5. The highest BCUT2D eigenvalue weighted by molar-refractivity contribution is 5.96. The second kappa shape index (κ2) is 3.65. The Morgan fingerprint density at radius 3 is 2.57 bits per heavy atom. The molecule has 1 aromatic heterocycles. The van der Waals surface area contributed by atoms with Crippen LogP contribution in [0.2, 0.25) is 0 Å². The number of hydrogen-bond acceptors (Lipinski definition) is 2. The Morgan fingerprint density at radius 1 is 1.43 bits per heavy atom. The highest BCUT2D eigenvalue weighted by atomic mass is 16.3. The van der Waals surface area contributed by atoms with Gasteiger partial charge in [-0.1, -0.05) is 0 Å². The molecule has 4 heteroatoms. The quantitative estimate of drug-likeness (QED) is 0.738. The standard InChI is InChI=1S/C10H13N2O2/c1-10(2,3)12-9(14)7-5-4-6-11-8(7)13/h4-6H,1-3H3,(H,12,14). The lowest BCUT2D eigenvalue weighted by molar-refractivity contribution is 0.0914. The number of pyridine rings is 1. The Labute approximate surface area is 83.0 Å². The fourth-order valence-corrected chi connectivity index (χ4v) is 0.972. The Bertz CT molecular complexity index is 342. The Morgan fingerprint density at radius 2 is 2.07 bits per heavy atom. The molecule has 0 aliphatic carbocycles. The molecule has 0 aliphatic rings. The third kappa shape index (κ3) is 2.73. The van der Waals surface area contributed by atoms with Crippen LogP contribution in [-0.2, 0) is 5.11 Å². The third-order valence-corrected chi connectivity index (χ3v) is 1.50. The van der Waals surface area contributed by atoms with Crippen LogP contribution in [0.4, 0.5) is 0 Å². The second-order valence-electron chi connectivity index (χ2n) is 4.06. The van der Waals surface area contributed by atoms with Crippen LogP contribution in [0.3, 0.4) is 0 Å². The van der Waals surface area contributed by atoms with Gasteiger partial charge in [0.1, 0.15) is 5.56 Å². The highest BCUT2D eigenvalue weighted by Crippen LogP contribution is 2.13. The monoisotopic (exact) mass is 193 g/mol. The number of carbonyl (C=O) groups is 1. The minimum Gasteiger partial charge on any atom is -0.347 e. The molecule has 0 spiro atoms. The van der Waals surface area contributed by atoms with Gasteiger partial charge in [0.25, 0.3) is 11.8 Å². The van der Waals surface area contributed by atoms with Gasteiger partial charge in [-0.3, -0.25) is 9.90 Å². The molecule has 1 amide bonds. The van der Waals surface area contributed by atoms with Crippen molar-refractivity contribution in [3.8, 4) is 5.88 Å². The molecule has 0 fully saturated rings. The fourth-order valence-electron chi connectivity index (χ4n) is 0.972. The average Bonchev–Trinajstić information content (AvgIpc) is 2.01. The van der Waals surface area contributed by atoms with Gasteiger partial charge in [-0.2, -0.15) is 0 Å². The van der Waals surface area contributed by atoms with Crippen molar-refractivity contribution < 1.29 is 9.90 Å². The topological polar surface area (TPSA) is 61.9 Å². The van der Waals surface area contributed by atoms with E-state index in [4.69, 9.17) is 0 Å². The zero-order valence-corrected chi connectivity index (χ0v) is 8.50. The van der Waals surface area contributed by atoms with Gasteiger partial charge < -0.3 is 5.32 Å². The zero-order chi connectivity index (χ0) is 10.8. The number of rotatable bonds is 1. The molecule has 0 aromatic carbocycles. The Kier molecular flexibility index (Phi) is 2.74. The van der Waals surface area contributed by atoms with Crippen LogP contribution in [0.5, 0.6) is 5.88 Å². The van der Waals surface area contributed by atoms with E-state index in [9.17, 15) is 9.90 Å². The number of carbonyl (C=O) groups excluding carboxylic acids is 1. The summed E-state index contributed by atoms with van der Waals surface area (Å²) in [5.41, 5.74) is -0.262. The molecule has 1 aromatic rings. The van der Waals surface area contributed by atoms with Crippen LogP contribution in [0.15, 0.2) is 18.3 Å². The van der Waals surface area contributed by atoms with E-state index in [1.165, 1.54) is 12.3 Å². The summed E-state index contributed by atoms with van der Waals surface area (Å²) in [6, 6.07) is 3.04. The third-order valence-electron chi connectivity index (χ3n) is 1.50. The van der Waals surface area contributed by atoms with E-state index < -0.39 is 5.88 Å². The van der Waals surface area contributed by atoms with Gasteiger partial charge >= 0.3 is 0 Å². The maximum Gasteiger partial charge on any atom is 0.282 e. The molecule has 1 radical (unpaired) electrons. The van der Waals surface area contributed by atoms with E-state index in [1.54, 1.807) is 6.07 Å². The van der Waals surface area contributed by atoms with Gasteiger partial charge in [0.2, 0.25) is 0 Å². The molecular weight excluding hydrogens is 180 g/mol. The van der Waals surface area contributed by atoms with Crippen LogP contribution >= 0.6 is 0 Å². The number of aromatic nitrogens is 1. The molecule has 0 saturated carbocycles. The maximum absolute atomic E-state index is 11.5. The molecule has 1 rings (SSSR count). The lowest BCUT2D eigenvalue weighted by atomic mass is 10.1. The van der Waals surface area contributed by atoms with Crippen molar-refractivity contribution >= 4 is 5.91 Å². The summed E-state index contributed by atoms with van der Waals surface area (Å²) in [5.74, 6) is -0.871. The van der Waals surface area contributed by atoms with Gasteiger partial charge in [0, 0.05) is 11.7 Å². The molecule has 0 unspecified atom stereocenters. The van der Waals surface area contributed by atoms with E-state index >= 15 is 0 Å². The summed E-state index contributed by atoms with van der Waals surface area (Å²) in [5, 5.41) is 13.9. The number of amides is 1. The first-order valence-corrected chi connectivity index (χ1v) is 4.35. The normalized spacial score (nSPS) is 11.1. The smallest absolute Gasteiger partial charge is 0.282 e. The second-order valence-corrected chi connectivity index (χ2v) is 4.06. The lowest BCUT2D eigenvalue weighted by Crippen LogP contribution is -2.40. The number of nitrogens with zero attached hydrogens (tertiary/aromatic N) is 1. The highest BCUT2D eigenvalue weighted by Gasteiger charge is 2.18. The molecule has 4 nitrogen and oxygen atoms in total. The Hall–Kier alpha value is -1.58.